The van der Waals surface area contributed by atoms with E-state index in [9.17, 15) is 25.9 Å². The molecule has 0 saturated carbocycles. The predicted octanol–water partition coefficient (Wildman–Crippen LogP) is 10.9. The summed E-state index contributed by atoms with van der Waals surface area (Å²) in [7, 11) is -8.19. The van der Waals surface area contributed by atoms with Crippen LogP contribution in [-0.2, 0) is 33.3 Å². The molecule has 7 aromatic rings. The number of fused-ring (bicyclic) bond motifs is 4. The summed E-state index contributed by atoms with van der Waals surface area (Å²) in [4.78, 5) is 4.29. The molecule has 0 aliphatic carbocycles. The Kier molecular flexibility index (Phi) is 14.7. The van der Waals surface area contributed by atoms with Crippen molar-refractivity contribution in [3.8, 4) is 16.9 Å². The van der Waals surface area contributed by atoms with Gasteiger partial charge in [-0.25, -0.2) is 0 Å². The van der Waals surface area contributed by atoms with Crippen molar-refractivity contribution >= 4 is 82.3 Å². The highest BCUT2D eigenvalue weighted by molar-refractivity contribution is 7.86. The van der Waals surface area contributed by atoms with E-state index in [1.165, 1.54) is 33.5 Å². The second-order valence-electron chi connectivity index (χ2n) is 16.8. The summed E-state index contributed by atoms with van der Waals surface area (Å²) >= 11 is 1.58. The number of likely N-dealkylation sites (N-methyl/N-ethyl adjacent to an activating group) is 1. The third kappa shape index (κ3) is 11.5. The van der Waals surface area contributed by atoms with Crippen LogP contribution in [0.3, 0.4) is 0 Å². The van der Waals surface area contributed by atoms with Gasteiger partial charge in [0.2, 0.25) is 22.6 Å². The molecular weight excluding hydrogens is 913 g/mol. The fraction of sp³-hybridized carbons (Fsp3) is 0.222. The Balaban J connectivity index is 0.000000211. The van der Waals surface area contributed by atoms with E-state index in [0.717, 1.165) is 56.3 Å². The number of pyridine rings is 1. The molecule has 0 spiro atoms. The average molecular weight is 969 g/mol. The molecule has 0 amide bonds. The first-order valence-electron chi connectivity index (χ1n) is 22.7. The Morgan fingerprint density at radius 1 is 0.721 bits per heavy atom. The van der Waals surface area contributed by atoms with Crippen LogP contribution >= 0.6 is 11.3 Å². The van der Waals surface area contributed by atoms with E-state index in [-0.39, 0.29) is 24.3 Å². The van der Waals surface area contributed by atoms with Crippen molar-refractivity contribution < 1.29 is 39.8 Å². The smallest absolute Gasteiger partial charge is 0.265 e. The first kappa shape index (κ1) is 48.1. The van der Waals surface area contributed by atoms with Crippen LogP contribution in [0.5, 0.6) is 5.75 Å². The van der Waals surface area contributed by atoms with E-state index in [0.29, 0.717) is 24.7 Å². The number of hydrogen-bond acceptors (Lipinski definition) is 8. The number of benzene rings is 5. The van der Waals surface area contributed by atoms with Gasteiger partial charge in [0.1, 0.15) is 11.2 Å². The van der Waals surface area contributed by atoms with Crippen LogP contribution < -0.4 is 23.7 Å². The minimum atomic E-state index is -4.12. The molecule has 0 bridgehead atoms. The Morgan fingerprint density at radius 3 is 2.22 bits per heavy atom. The number of anilines is 2. The Labute approximate surface area is 403 Å². The molecule has 0 fully saturated rings. The zero-order valence-electron chi connectivity index (χ0n) is 38.6. The number of hydrogen-bond donors (Lipinski definition) is 2. The summed E-state index contributed by atoms with van der Waals surface area (Å²) in [5.74, 6) is 0.469. The lowest BCUT2D eigenvalue weighted by atomic mass is 10.0. The van der Waals surface area contributed by atoms with Gasteiger partial charge in [-0.05, 0) is 104 Å². The van der Waals surface area contributed by atoms with Gasteiger partial charge in [-0.3, -0.25) is 9.11 Å². The third-order valence-corrected chi connectivity index (χ3v) is 14.6. The molecule has 5 aromatic carbocycles. The molecule has 68 heavy (non-hydrogen) atoms. The molecule has 11 nitrogen and oxygen atoms in total. The number of aryl methyl sites for hydroxylation is 3. The van der Waals surface area contributed by atoms with E-state index >= 15 is 0 Å². The van der Waals surface area contributed by atoms with E-state index in [1.807, 2.05) is 91.6 Å². The largest absolute Gasteiger partial charge is 0.439 e. The van der Waals surface area contributed by atoms with Crippen molar-refractivity contribution in [1.29, 1.82) is 0 Å². The maximum absolute atomic E-state index is 11.4. The fourth-order valence-electron chi connectivity index (χ4n) is 8.71. The molecule has 2 aromatic heterocycles. The molecule has 2 aliphatic heterocycles. The minimum absolute atomic E-state index is 0.195. The van der Waals surface area contributed by atoms with Crippen molar-refractivity contribution in [2.24, 2.45) is 0 Å². The summed E-state index contributed by atoms with van der Waals surface area (Å²) < 4.78 is 75.9. The molecule has 2 aliphatic rings. The van der Waals surface area contributed by atoms with Gasteiger partial charge in [0.25, 0.3) is 25.2 Å². The summed E-state index contributed by atoms with van der Waals surface area (Å²) in [5, 5.41) is 2.19. The maximum Gasteiger partial charge on any atom is 0.265 e. The van der Waals surface area contributed by atoms with Crippen molar-refractivity contribution in [2.75, 3.05) is 34.4 Å². The number of aromatic nitrogens is 2. The molecule has 0 atom stereocenters. The Morgan fingerprint density at radius 2 is 1.46 bits per heavy atom. The van der Waals surface area contributed by atoms with Gasteiger partial charge in [-0.2, -0.15) is 26.0 Å². The first-order chi connectivity index (χ1) is 32.7. The lowest BCUT2D eigenvalue weighted by Crippen LogP contribution is -2.37. The molecular formula is C54H56N4O7S3+2. The van der Waals surface area contributed by atoms with E-state index in [2.05, 4.69) is 113 Å². The Bertz CT molecular complexity index is 3340. The SMILES string of the molecule is CC(/C=C1\Oc2ccc(-c3ccccc3)cc2N1CCCS(=O)(=O)O)=C\c1sc2ccc(C)cc2[n+]1CCCS(=O)(=O)O.CCN1/C(=C/c2ccc3ccccc3[n+]2CC)C=Cc2ccccc21. The van der Waals surface area contributed by atoms with E-state index < -0.39 is 20.2 Å². The summed E-state index contributed by atoms with van der Waals surface area (Å²) in [6.07, 6.45) is 11.1. The maximum atomic E-state index is 11.4. The number of rotatable bonds is 14. The normalized spacial score (nSPS) is 14.9. The third-order valence-electron chi connectivity index (χ3n) is 11.9. The molecule has 0 unspecified atom stereocenters. The number of thiazole rings is 1. The van der Waals surface area contributed by atoms with Gasteiger partial charge in [-0.1, -0.05) is 90.2 Å². The molecule has 350 valence electrons. The van der Waals surface area contributed by atoms with Crippen molar-refractivity contribution in [1.82, 2.24) is 0 Å². The van der Waals surface area contributed by atoms with E-state index in [1.54, 1.807) is 11.3 Å². The van der Waals surface area contributed by atoms with Crippen molar-refractivity contribution in [3.63, 3.8) is 0 Å². The summed E-state index contributed by atoms with van der Waals surface area (Å²) in [6.45, 7) is 11.0. The van der Waals surface area contributed by atoms with Gasteiger partial charge in [0, 0.05) is 72.7 Å². The minimum Gasteiger partial charge on any atom is -0.439 e. The molecule has 9 rings (SSSR count). The van der Waals surface area contributed by atoms with Crippen LogP contribution in [0.2, 0.25) is 0 Å². The second kappa shape index (κ2) is 20.8. The second-order valence-corrected chi connectivity index (χ2v) is 21.0. The number of para-hydroxylation sites is 2. The average Bonchev–Trinajstić information content (AvgIpc) is 3.83. The number of allylic oxidation sites excluding steroid dienone is 3. The topological polar surface area (TPSA) is 132 Å². The number of nitrogens with zero attached hydrogens (tertiary/aromatic N) is 4. The highest BCUT2D eigenvalue weighted by Crippen LogP contribution is 2.42. The van der Waals surface area contributed by atoms with Crippen LogP contribution in [0.1, 0.15) is 55.4 Å². The van der Waals surface area contributed by atoms with Gasteiger partial charge in [0.05, 0.1) is 17.2 Å². The van der Waals surface area contributed by atoms with Gasteiger partial charge < -0.3 is 14.5 Å². The first-order valence-corrected chi connectivity index (χ1v) is 26.8. The van der Waals surface area contributed by atoms with Crippen molar-refractivity contribution in [3.05, 3.63) is 179 Å². The van der Waals surface area contributed by atoms with Crippen LogP contribution in [0, 0.1) is 6.92 Å². The lowest BCUT2D eigenvalue weighted by molar-refractivity contribution is -0.669. The summed E-state index contributed by atoms with van der Waals surface area (Å²) in [5.41, 5.74) is 12.1. The van der Waals surface area contributed by atoms with Crippen molar-refractivity contribution in [2.45, 2.75) is 53.6 Å². The van der Waals surface area contributed by atoms with Gasteiger partial charge in [0.15, 0.2) is 12.3 Å². The van der Waals surface area contributed by atoms with Crippen LogP contribution in [-0.4, -0.2) is 50.5 Å². The molecule has 2 N–H and O–H groups in total. The predicted molar refractivity (Wildman–Crippen MR) is 277 cm³/mol. The zero-order chi connectivity index (χ0) is 48.0. The van der Waals surface area contributed by atoms with Crippen LogP contribution in [0.25, 0.3) is 50.5 Å². The van der Waals surface area contributed by atoms with Gasteiger partial charge >= 0.3 is 0 Å². The van der Waals surface area contributed by atoms with Crippen LogP contribution in [0.4, 0.5) is 11.4 Å². The molecule has 0 radical (unpaired) electrons. The molecule has 0 saturated heterocycles. The molecule has 4 heterocycles. The van der Waals surface area contributed by atoms with E-state index in [4.69, 9.17) is 4.74 Å². The number of ether oxygens (including phenoxy) is 1. The highest BCUT2D eigenvalue weighted by atomic mass is 32.2. The lowest BCUT2D eigenvalue weighted by Gasteiger charge is -2.29. The quantitative estimate of drug-likeness (QED) is 0.0807. The van der Waals surface area contributed by atoms with Crippen LogP contribution in [0.15, 0.2) is 157 Å². The highest BCUT2D eigenvalue weighted by Gasteiger charge is 2.28. The summed E-state index contributed by atoms with van der Waals surface area (Å²) in [6, 6.07) is 43.5. The Hall–Kier alpha value is -6.42. The zero-order valence-corrected chi connectivity index (χ0v) is 41.1. The fourth-order valence-corrected chi connectivity index (χ4v) is 10.9. The van der Waals surface area contributed by atoms with Gasteiger partial charge in [-0.15, -0.1) is 0 Å². The molecule has 14 heteroatoms. The monoisotopic (exact) mass is 968 g/mol. The standard InChI is InChI=1S/C31H32N2O7S3.C23H23N2/c1-22-10-13-29-27(18-22)33(15-7-17-43(37,38)39)31(41-29)20-23(2)19-30-32(14-6-16-42(34,35)36)26-21-25(11-12-28(26)40-30)24-8-4-3-5-9-24;1-3-24-20(15-13-18-9-5-7-11-22(18)24)17-21-16-14-19-10-6-8-12-23(19)25(21)4-2/h3-5,8-13,18-21H,6-7,14-17H2,1-2H3,(H-,34,35,36,37,38,39);5-17H,3-4H2,1-2H3/q;+1/p+1.